The third-order valence-corrected chi connectivity index (χ3v) is 2.93. The summed E-state index contributed by atoms with van der Waals surface area (Å²) in [5.41, 5.74) is 0. The number of carbonyl (C=O) groups is 2. The lowest BCUT2D eigenvalue weighted by Gasteiger charge is -2.22. The molecule has 80 valence electrons. The second kappa shape index (κ2) is 3.42. The lowest BCUT2D eigenvalue weighted by atomic mass is 10.2. The van der Waals surface area contributed by atoms with Crippen molar-refractivity contribution in [3.8, 4) is 6.07 Å². The standard InChI is InChI=1S/C9H11N3O3/c10-3-6-1-5-2-7(5)12(6)8(13)4-11-9(14)15/h5-7,11H,1-2,4H2,(H,14,15)/t5-,6+,7+/m1/s1. The highest BCUT2D eigenvalue weighted by atomic mass is 16.4. The maximum Gasteiger partial charge on any atom is 0.405 e. The van der Waals surface area contributed by atoms with Crippen LogP contribution in [0.25, 0.3) is 0 Å². The first-order valence-corrected chi connectivity index (χ1v) is 4.81. The van der Waals surface area contributed by atoms with Gasteiger partial charge in [0, 0.05) is 6.04 Å². The van der Waals surface area contributed by atoms with Crippen LogP contribution in [0.2, 0.25) is 0 Å². The molecule has 2 fully saturated rings. The van der Waals surface area contributed by atoms with Gasteiger partial charge in [-0.25, -0.2) is 4.79 Å². The Morgan fingerprint density at radius 2 is 2.27 bits per heavy atom. The molecule has 1 saturated carbocycles. The summed E-state index contributed by atoms with van der Waals surface area (Å²) >= 11 is 0. The van der Waals surface area contributed by atoms with Gasteiger partial charge in [0.15, 0.2) is 0 Å². The molecular formula is C9H11N3O3. The molecule has 6 heteroatoms. The van der Waals surface area contributed by atoms with E-state index in [0.717, 1.165) is 12.8 Å². The molecule has 3 atom stereocenters. The van der Waals surface area contributed by atoms with E-state index in [4.69, 9.17) is 10.4 Å². The summed E-state index contributed by atoms with van der Waals surface area (Å²) in [6.07, 6.45) is 0.472. The first kappa shape index (κ1) is 9.77. The van der Waals surface area contributed by atoms with Gasteiger partial charge in [0.05, 0.1) is 6.07 Å². The van der Waals surface area contributed by atoms with E-state index in [2.05, 4.69) is 6.07 Å². The lowest BCUT2D eigenvalue weighted by Crippen LogP contribution is -2.43. The van der Waals surface area contributed by atoms with Crippen LogP contribution in [0, 0.1) is 17.2 Å². The summed E-state index contributed by atoms with van der Waals surface area (Å²) in [7, 11) is 0. The monoisotopic (exact) mass is 209 g/mol. The largest absolute Gasteiger partial charge is 0.465 e. The van der Waals surface area contributed by atoms with Crippen LogP contribution in [0.5, 0.6) is 0 Å². The first-order valence-electron chi connectivity index (χ1n) is 4.81. The fourth-order valence-electron chi connectivity index (χ4n) is 2.17. The molecule has 0 unspecified atom stereocenters. The quantitative estimate of drug-likeness (QED) is 0.656. The zero-order valence-electron chi connectivity index (χ0n) is 8.01. The molecule has 0 aromatic rings. The van der Waals surface area contributed by atoms with Crippen LogP contribution in [0.3, 0.4) is 0 Å². The Morgan fingerprint density at radius 1 is 1.53 bits per heavy atom. The number of nitrogens with zero attached hydrogens (tertiary/aromatic N) is 2. The number of amides is 2. The number of carbonyl (C=O) groups excluding carboxylic acids is 1. The Bertz CT molecular complexity index is 349. The second-order valence-corrected chi connectivity index (χ2v) is 3.90. The average Bonchev–Trinajstić information content (AvgIpc) is 2.86. The van der Waals surface area contributed by atoms with Crippen LogP contribution in [0.4, 0.5) is 4.79 Å². The van der Waals surface area contributed by atoms with Crippen molar-refractivity contribution >= 4 is 12.0 Å². The fourth-order valence-corrected chi connectivity index (χ4v) is 2.17. The van der Waals surface area contributed by atoms with E-state index in [-0.39, 0.29) is 24.5 Å². The van der Waals surface area contributed by atoms with Crippen LogP contribution in [0.1, 0.15) is 12.8 Å². The summed E-state index contributed by atoms with van der Waals surface area (Å²) in [6.45, 7) is -0.239. The van der Waals surface area contributed by atoms with Gasteiger partial charge in [-0.15, -0.1) is 0 Å². The minimum absolute atomic E-state index is 0.178. The van der Waals surface area contributed by atoms with Crippen molar-refractivity contribution in [2.45, 2.75) is 24.9 Å². The van der Waals surface area contributed by atoms with Gasteiger partial charge in [-0.05, 0) is 18.8 Å². The topological polar surface area (TPSA) is 93.4 Å². The minimum atomic E-state index is -1.22. The Hall–Kier alpha value is -1.77. The maximum absolute atomic E-state index is 11.6. The summed E-state index contributed by atoms with van der Waals surface area (Å²) in [4.78, 5) is 23.3. The van der Waals surface area contributed by atoms with Crippen molar-refractivity contribution in [3.05, 3.63) is 0 Å². The Balaban J connectivity index is 1.94. The van der Waals surface area contributed by atoms with Gasteiger partial charge in [-0.2, -0.15) is 5.26 Å². The average molecular weight is 209 g/mol. The van der Waals surface area contributed by atoms with Gasteiger partial charge in [-0.3, -0.25) is 4.79 Å². The number of rotatable bonds is 2. The van der Waals surface area contributed by atoms with Gasteiger partial charge in [0.1, 0.15) is 12.6 Å². The third-order valence-electron chi connectivity index (χ3n) is 2.93. The van der Waals surface area contributed by atoms with Crippen LogP contribution in [-0.4, -0.2) is 40.6 Å². The molecule has 2 amide bonds. The van der Waals surface area contributed by atoms with E-state index >= 15 is 0 Å². The van der Waals surface area contributed by atoms with Gasteiger partial charge in [-0.1, -0.05) is 0 Å². The van der Waals surface area contributed by atoms with Gasteiger partial charge >= 0.3 is 6.09 Å². The van der Waals surface area contributed by atoms with Crippen molar-refractivity contribution in [1.29, 1.82) is 5.26 Å². The van der Waals surface area contributed by atoms with Gasteiger partial charge in [0.25, 0.3) is 0 Å². The summed E-state index contributed by atoms with van der Waals surface area (Å²) in [6, 6.07) is 1.89. The summed E-state index contributed by atoms with van der Waals surface area (Å²) in [5.74, 6) is 0.164. The highest BCUT2D eigenvalue weighted by Crippen LogP contribution is 2.47. The molecule has 0 bridgehead atoms. The first-order chi connectivity index (χ1) is 7.13. The SMILES string of the molecule is N#C[C@@H]1C[C@@H]2C[C@@H]2N1C(=O)CNC(=O)O. The smallest absolute Gasteiger partial charge is 0.405 e. The zero-order chi connectivity index (χ0) is 11.0. The van der Waals surface area contributed by atoms with Gasteiger partial charge < -0.3 is 15.3 Å². The summed E-state index contributed by atoms with van der Waals surface area (Å²) in [5, 5.41) is 19.2. The molecule has 1 saturated heterocycles. The molecule has 2 aliphatic rings. The third kappa shape index (κ3) is 1.73. The normalized spacial score (nSPS) is 31.7. The maximum atomic E-state index is 11.6. The number of nitriles is 1. The van der Waals surface area contributed by atoms with Crippen LogP contribution >= 0.6 is 0 Å². The van der Waals surface area contributed by atoms with Crippen LogP contribution in [0.15, 0.2) is 0 Å². The molecule has 0 spiro atoms. The Labute approximate surface area is 86.5 Å². The van der Waals surface area contributed by atoms with E-state index < -0.39 is 6.09 Å². The predicted molar refractivity (Wildman–Crippen MR) is 48.8 cm³/mol. The van der Waals surface area contributed by atoms with E-state index in [1.807, 2.05) is 5.32 Å². The zero-order valence-corrected chi connectivity index (χ0v) is 8.01. The van der Waals surface area contributed by atoms with Crippen molar-refractivity contribution in [3.63, 3.8) is 0 Å². The number of carboxylic acid groups (broad SMARTS) is 1. The van der Waals surface area contributed by atoms with Crippen molar-refractivity contribution in [2.75, 3.05) is 6.54 Å². The van der Waals surface area contributed by atoms with Crippen LogP contribution in [-0.2, 0) is 4.79 Å². The molecule has 6 nitrogen and oxygen atoms in total. The Morgan fingerprint density at radius 3 is 2.87 bits per heavy atom. The molecule has 0 aromatic heterocycles. The van der Waals surface area contributed by atoms with Crippen molar-refractivity contribution in [2.24, 2.45) is 5.92 Å². The molecule has 2 rings (SSSR count). The second-order valence-electron chi connectivity index (χ2n) is 3.90. The number of fused-ring (bicyclic) bond motifs is 1. The number of hydrogen-bond donors (Lipinski definition) is 2. The molecular weight excluding hydrogens is 198 g/mol. The number of piperidine rings is 1. The molecule has 0 radical (unpaired) electrons. The van der Waals surface area contributed by atoms with Crippen molar-refractivity contribution < 1.29 is 14.7 Å². The van der Waals surface area contributed by atoms with E-state index in [1.165, 1.54) is 4.90 Å². The van der Waals surface area contributed by atoms with E-state index in [9.17, 15) is 9.59 Å². The lowest BCUT2D eigenvalue weighted by molar-refractivity contribution is -0.131. The predicted octanol–water partition coefficient (Wildman–Crippen LogP) is -0.233. The Kier molecular flexibility index (Phi) is 2.23. The van der Waals surface area contributed by atoms with Crippen LogP contribution < -0.4 is 5.32 Å². The number of hydrogen-bond acceptors (Lipinski definition) is 3. The number of likely N-dealkylation sites (tertiary alicyclic amines) is 1. The molecule has 1 aliphatic heterocycles. The fraction of sp³-hybridized carbons (Fsp3) is 0.667. The molecule has 1 aliphatic carbocycles. The highest BCUT2D eigenvalue weighted by molar-refractivity contribution is 5.83. The molecule has 1 heterocycles. The molecule has 0 aromatic carbocycles. The summed E-state index contributed by atoms with van der Waals surface area (Å²) < 4.78 is 0. The van der Waals surface area contributed by atoms with E-state index in [1.54, 1.807) is 0 Å². The molecule has 15 heavy (non-hydrogen) atoms. The van der Waals surface area contributed by atoms with E-state index in [0.29, 0.717) is 5.92 Å². The molecule has 2 N–H and O–H groups in total. The number of nitrogens with one attached hydrogen (secondary N) is 1. The minimum Gasteiger partial charge on any atom is -0.465 e. The highest BCUT2D eigenvalue weighted by Gasteiger charge is 2.53. The van der Waals surface area contributed by atoms with Crippen molar-refractivity contribution in [1.82, 2.24) is 10.2 Å². The van der Waals surface area contributed by atoms with Gasteiger partial charge in [0.2, 0.25) is 5.91 Å².